The summed E-state index contributed by atoms with van der Waals surface area (Å²) in [5.74, 6) is 4.38. The van der Waals surface area contributed by atoms with Crippen molar-refractivity contribution >= 4 is 11.8 Å². The number of rotatable bonds is 2. The van der Waals surface area contributed by atoms with Gasteiger partial charge in [-0.25, -0.2) is 5.84 Å². The Hall–Kier alpha value is -1.14. The van der Waals surface area contributed by atoms with Crippen LogP contribution >= 0.6 is 0 Å². The molecule has 12 heavy (non-hydrogen) atoms. The molecule has 0 spiro atoms. The Kier molecular flexibility index (Phi) is 3.01. The first-order valence-electron chi connectivity index (χ1n) is 3.74. The summed E-state index contributed by atoms with van der Waals surface area (Å²) in [6, 6.07) is -0.442. The minimum absolute atomic E-state index is 0.0856. The Bertz CT molecular complexity index is 194. The summed E-state index contributed by atoms with van der Waals surface area (Å²) < 4.78 is 0. The van der Waals surface area contributed by atoms with Gasteiger partial charge in [-0.3, -0.25) is 15.0 Å². The fourth-order valence-electron chi connectivity index (χ4n) is 1.06. The maximum Gasteiger partial charge on any atom is 0.237 e. The van der Waals surface area contributed by atoms with Crippen molar-refractivity contribution in [2.24, 2.45) is 5.84 Å². The predicted octanol–water partition coefficient (Wildman–Crippen LogP) is -2.55. The number of nitrogens with one attached hydrogen (secondary N) is 3. The summed E-state index contributed by atoms with van der Waals surface area (Å²) in [6.07, 6.45) is 0.0856. The number of nitrogens with two attached hydrogens (primary N) is 1. The number of hydrazine groups is 1. The molecule has 0 radical (unpaired) electrons. The van der Waals surface area contributed by atoms with E-state index in [2.05, 4.69) is 10.6 Å². The van der Waals surface area contributed by atoms with E-state index >= 15 is 0 Å². The highest BCUT2D eigenvalue weighted by Gasteiger charge is 2.23. The molecule has 6 heteroatoms. The highest BCUT2D eigenvalue weighted by Crippen LogP contribution is 1.94. The SMILES string of the molecule is NNC(=O)CC1NCCNC1=O. The molecule has 1 aliphatic rings. The molecule has 1 heterocycles. The third kappa shape index (κ3) is 2.18. The van der Waals surface area contributed by atoms with Crippen LogP contribution in [0.3, 0.4) is 0 Å². The Morgan fingerprint density at radius 1 is 1.67 bits per heavy atom. The van der Waals surface area contributed by atoms with Gasteiger partial charge in [-0.1, -0.05) is 0 Å². The van der Waals surface area contributed by atoms with Gasteiger partial charge in [-0.2, -0.15) is 0 Å². The van der Waals surface area contributed by atoms with Crippen LogP contribution in [0.1, 0.15) is 6.42 Å². The van der Waals surface area contributed by atoms with Crippen LogP contribution in [0.15, 0.2) is 0 Å². The van der Waals surface area contributed by atoms with Crippen LogP contribution in [0.25, 0.3) is 0 Å². The first-order valence-corrected chi connectivity index (χ1v) is 3.74. The van der Waals surface area contributed by atoms with E-state index in [1.165, 1.54) is 0 Å². The van der Waals surface area contributed by atoms with Crippen LogP contribution in [0.2, 0.25) is 0 Å². The first kappa shape index (κ1) is 8.95. The van der Waals surface area contributed by atoms with Crippen molar-refractivity contribution in [2.45, 2.75) is 12.5 Å². The number of carbonyl (C=O) groups excluding carboxylic acids is 2. The van der Waals surface area contributed by atoms with Gasteiger partial charge in [0.15, 0.2) is 0 Å². The number of carbonyl (C=O) groups is 2. The second-order valence-corrected chi connectivity index (χ2v) is 2.57. The Labute approximate surface area is 69.8 Å². The topological polar surface area (TPSA) is 96.2 Å². The molecule has 0 saturated carbocycles. The van der Waals surface area contributed by atoms with E-state index < -0.39 is 6.04 Å². The summed E-state index contributed by atoms with van der Waals surface area (Å²) in [5.41, 5.74) is 1.97. The van der Waals surface area contributed by atoms with Crippen molar-refractivity contribution in [1.82, 2.24) is 16.1 Å². The lowest BCUT2D eigenvalue weighted by atomic mass is 10.1. The van der Waals surface area contributed by atoms with Gasteiger partial charge in [-0.05, 0) is 0 Å². The molecule has 1 atom stereocenters. The van der Waals surface area contributed by atoms with Gasteiger partial charge < -0.3 is 10.6 Å². The summed E-state index contributed by atoms with van der Waals surface area (Å²) in [5, 5.41) is 5.54. The van der Waals surface area contributed by atoms with E-state index in [0.717, 1.165) is 0 Å². The molecule has 1 aliphatic heterocycles. The average molecular weight is 172 g/mol. The molecule has 0 aromatic rings. The Morgan fingerprint density at radius 2 is 2.42 bits per heavy atom. The molecule has 0 aromatic heterocycles. The number of hydrogen-bond acceptors (Lipinski definition) is 4. The molecule has 68 valence electrons. The summed E-state index contributed by atoms with van der Waals surface area (Å²) in [6.45, 7) is 1.30. The highest BCUT2D eigenvalue weighted by molar-refractivity contribution is 5.88. The first-order chi connectivity index (χ1) is 5.74. The molecule has 1 fully saturated rings. The Balaban J connectivity index is 2.39. The molecular formula is C6H12N4O2. The lowest BCUT2D eigenvalue weighted by Crippen LogP contribution is -2.54. The van der Waals surface area contributed by atoms with E-state index in [1.54, 1.807) is 0 Å². The quantitative estimate of drug-likeness (QED) is 0.209. The van der Waals surface area contributed by atoms with Gasteiger partial charge in [0.05, 0.1) is 12.5 Å². The van der Waals surface area contributed by atoms with Crippen LogP contribution < -0.4 is 21.9 Å². The largest absolute Gasteiger partial charge is 0.353 e. The molecule has 0 aliphatic carbocycles. The molecule has 6 nitrogen and oxygen atoms in total. The summed E-state index contributed by atoms with van der Waals surface area (Å²) in [4.78, 5) is 21.8. The minimum atomic E-state index is -0.442. The summed E-state index contributed by atoms with van der Waals surface area (Å²) >= 11 is 0. The maximum atomic E-state index is 11.1. The lowest BCUT2D eigenvalue weighted by molar-refractivity contribution is -0.129. The van der Waals surface area contributed by atoms with E-state index in [0.29, 0.717) is 13.1 Å². The Morgan fingerprint density at radius 3 is 3.00 bits per heavy atom. The second kappa shape index (κ2) is 4.03. The monoisotopic (exact) mass is 172 g/mol. The molecule has 1 saturated heterocycles. The zero-order valence-electron chi connectivity index (χ0n) is 6.59. The molecule has 0 aromatic carbocycles. The minimum Gasteiger partial charge on any atom is -0.353 e. The van der Waals surface area contributed by atoms with E-state index in [-0.39, 0.29) is 18.2 Å². The number of hydrogen-bond donors (Lipinski definition) is 4. The van der Waals surface area contributed by atoms with Crippen LogP contribution in [0, 0.1) is 0 Å². The van der Waals surface area contributed by atoms with Gasteiger partial charge in [0, 0.05) is 13.1 Å². The van der Waals surface area contributed by atoms with E-state index in [9.17, 15) is 9.59 Å². The van der Waals surface area contributed by atoms with Crippen LogP contribution in [0.4, 0.5) is 0 Å². The van der Waals surface area contributed by atoms with Crippen molar-refractivity contribution in [3.05, 3.63) is 0 Å². The van der Waals surface area contributed by atoms with Gasteiger partial charge in [0.2, 0.25) is 11.8 Å². The second-order valence-electron chi connectivity index (χ2n) is 2.57. The predicted molar refractivity (Wildman–Crippen MR) is 41.7 cm³/mol. The normalized spacial score (nSPS) is 23.1. The van der Waals surface area contributed by atoms with Crippen LogP contribution in [0.5, 0.6) is 0 Å². The number of amides is 2. The van der Waals surface area contributed by atoms with Crippen molar-refractivity contribution < 1.29 is 9.59 Å². The van der Waals surface area contributed by atoms with Crippen molar-refractivity contribution in [1.29, 1.82) is 0 Å². The standard InChI is InChI=1S/C6H12N4O2/c7-10-5(11)3-4-6(12)9-2-1-8-4/h4,8H,1-3,7H2,(H,9,12)(H,10,11). The zero-order valence-corrected chi connectivity index (χ0v) is 6.59. The third-order valence-corrected chi connectivity index (χ3v) is 1.68. The van der Waals surface area contributed by atoms with Crippen LogP contribution in [-0.4, -0.2) is 30.9 Å². The molecule has 0 bridgehead atoms. The molecule has 2 amide bonds. The number of piperazine rings is 1. The maximum absolute atomic E-state index is 11.1. The molecule has 1 rings (SSSR count). The third-order valence-electron chi connectivity index (χ3n) is 1.68. The van der Waals surface area contributed by atoms with Gasteiger partial charge in [0.25, 0.3) is 0 Å². The summed E-state index contributed by atoms with van der Waals surface area (Å²) in [7, 11) is 0. The van der Waals surface area contributed by atoms with Gasteiger partial charge in [0.1, 0.15) is 0 Å². The highest BCUT2D eigenvalue weighted by atomic mass is 16.2. The molecular weight excluding hydrogens is 160 g/mol. The fraction of sp³-hybridized carbons (Fsp3) is 0.667. The average Bonchev–Trinajstić information content (AvgIpc) is 2.09. The smallest absolute Gasteiger partial charge is 0.237 e. The van der Waals surface area contributed by atoms with Crippen LogP contribution in [-0.2, 0) is 9.59 Å². The molecule has 1 unspecified atom stereocenters. The van der Waals surface area contributed by atoms with E-state index in [1.807, 2.05) is 5.43 Å². The van der Waals surface area contributed by atoms with Crippen molar-refractivity contribution in [2.75, 3.05) is 13.1 Å². The van der Waals surface area contributed by atoms with Crippen molar-refractivity contribution in [3.8, 4) is 0 Å². The lowest BCUT2D eigenvalue weighted by Gasteiger charge is -2.22. The molecule has 5 N–H and O–H groups in total. The van der Waals surface area contributed by atoms with E-state index in [4.69, 9.17) is 5.84 Å². The zero-order chi connectivity index (χ0) is 8.97. The van der Waals surface area contributed by atoms with Crippen molar-refractivity contribution in [3.63, 3.8) is 0 Å². The van der Waals surface area contributed by atoms with Gasteiger partial charge >= 0.3 is 0 Å². The fourth-order valence-corrected chi connectivity index (χ4v) is 1.06. The van der Waals surface area contributed by atoms with Gasteiger partial charge in [-0.15, -0.1) is 0 Å².